The number of benzene rings is 3. The van der Waals surface area contributed by atoms with Gasteiger partial charge in [0.1, 0.15) is 0 Å². The zero-order chi connectivity index (χ0) is 19.2. The molecule has 0 aliphatic rings. The van der Waals surface area contributed by atoms with Crippen LogP contribution in [-0.4, -0.2) is 18.7 Å². The number of rotatable bonds is 7. The molecule has 0 bridgehead atoms. The van der Waals surface area contributed by atoms with Crippen LogP contribution >= 0.6 is 26.3 Å². The number of ether oxygens (including phenoxy) is 1. The molecule has 0 aromatic heterocycles. The summed E-state index contributed by atoms with van der Waals surface area (Å²) in [7, 11) is 0. The fraction of sp³-hybridized carbons (Fsp3) is 0.0870. The average Bonchev–Trinajstić information content (AvgIpc) is 2.74. The number of carbonyl (C=O) groups excluding carboxylic acids is 1. The fourth-order valence-corrected chi connectivity index (χ4v) is 11.5. The molecule has 0 amide bonds. The van der Waals surface area contributed by atoms with Crippen LogP contribution in [0.5, 0.6) is 0 Å². The monoisotopic (exact) mass is 488 g/mol. The molecule has 0 N–H and O–H groups in total. The molecule has 0 aliphatic heterocycles. The van der Waals surface area contributed by atoms with Crippen molar-refractivity contribution < 1.29 is 9.53 Å². The fourth-order valence-electron chi connectivity index (χ4n) is 3.38. The summed E-state index contributed by atoms with van der Waals surface area (Å²) in [5.74, 6) is -0.210. The minimum absolute atomic E-state index is 0.210. The average molecular weight is 488 g/mol. The van der Waals surface area contributed by atoms with Gasteiger partial charge in [-0.2, -0.15) is 0 Å². The first-order chi connectivity index (χ1) is 13.1. The van der Waals surface area contributed by atoms with Crippen molar-refractivity contribution in [2.75, 3.05) is 12.8 Å². The van der Waals surface area contributed by atoms with E-state index in [0.717, 1.165) is 15.9 Å². The van der Waals surface area contributed by atoms with E-state index < -0.39 is 4.25 Å². The molecule has 3 aromatic carbocycles. The second kappa shape index (κ2) is 8.37. The zero-order valence-electron chi connectivity index (χ0n) is 15.0. The van der Waals surface area contributed by atoms with Crippen LogP contribution in [0.4, 0.5) is 0 Å². The van der Waals surface area contributed by atoms with Crippen LogP contribution in [0.3, 0.4) is 0 Å². The van der Waals surface area contributed by atoms with Gasteiger partial charge in [-0.1, -0.05) is 0 Å². The third kappa shape index (κ3) is 3.71. The maximum atomic E-state index is 12.9. The Labute approximate surface area is 173 Å². The van der Waals surface area contributed by atoms with Crippen LogP contribution < -0.4 is 15.9 Å². The number of hydrogen-bond acceptors (Lipinski definition) is 2. The Bertz CT molecular complexity index is 811. The van der Waals surface area contributed by atoms with Gasteiger partial charge in [0, 0.05) is 0 Å². The van der Waals surface area contributed by atoms with Gasteiger partial charge in [0.2, 0.25) is 0 Å². The second-order valence-electron chi connectivity index (χ2n) is 6.32. The molecular formula is C23H22IO2P. The van der Waals surface area contributed by atoms with E-state index >= 15 is 0 Å². The predicted octanol–water partition coefficient (Wildman–Crippen LogP) is 4.60. The van der Waals surface area contributed by atoms with E-state index in [4.69, 9.17) is 4.74 Å². The molecule has 0 fully saturated rings. The van der Waals surface area contributed by atoms with Crippen LogP contribution in [0.25, 0.3) is 0 Å². The van der Waals surface area contributed by atoms with Crippen molar-refractivity contribution in [1.82, 2.24) is 0 Å². The first-order valence-electron chi connectivity index (χ1n) is 8.76. The summed E-state index contributed by atoms with van der Waals surface area (Å²) >= 11 is 2.58. The molecule has 27 heavy (non-hydrogen) atoms. The van der Waals surface area contributed by atoms with E-state index in [1.165, 1.54) is 0 Å². The Morgan fingerprint density at radius 3 is 1.52 bits per heavy atom. The molecule has 3 aromatic rings. The van der Waals surface area contributed by atoms with Gasteiger partial charge >= 0.3 is 174 Å². The zero-order valence-corrected chi connectivity index (χ0v) is 18.1. The second-order valence-corrected chi connectivity index (χ2v) is 16.9. The third-order valence-electron chi connectivity index (χ3n) is 4.67. The molecule has 0 radical (unpaired) electrons. The molecule has 3 rings (SSSR count). The number of esters is 1. The molecule has 0 saturated carbocycles. The van der Waals surface area contributed by atoms with Gasteiger partial charge < -0.3 is 0 Å². The topological polar surface area (TPSA) is 26.3 Å². The van der Waals surface area contributed by atoms with Gasteiger partial charge in [0.15, 0.2) is 0 Å². The molecule has 0 spiro atoms. The van der Waals surface area contributed by atoms with Crippen molar-refractivity contribution in [1.29, 1.82) is 0 Å². The van der Waals surface area contributed by atoms with Crippen molar-refractivity contribution in [3.05, 3.63) is 104 Å². The minimum atomic E-state index is -3.09. The van der Waals surface area contributed by atoms with Gasteiger partial charge in [-0.05, 0) is 0 Å². The summed E-state index contributed by atoms with van der Waals surface area (Å²) in [5, 5.41) is 3.49. The van der Waals surface area contributed by atoms with Crippen molar-refractivity contribution in [2.45, 2.75) is 0 Å². The summed E-state index contributed by atoms with van der Waals surface area (Å²) in [6.45, 7) is 3.88. The van der Waals surface area contributed by atoms with Gasteiger partial charge in [0.05, 0.1) is 0 Å². The van der Waals surface area contributed by atoms with E-state index in [0.29, 0.717) is 6.16 Å². The summed E-state index contributed by atoms with van der Waals surface area (Å²) in [6, 6.07) is 31.0. The van der Waals surface area contributed by atoms with E-state index in [9.17, 15) is 4.79 Å². The van der Waals surface area contributed by atoms with E-state index in [-0.39, 0.29) is 12.6 Å². The normalized spacial score (nSPS) is 12.6. The molecule has 0 saturated heterocycles. The Hall–Kier alpha value is -1.97. The first kappa shape index (κ1) is 19.8. The molecule has 0 heterocycles. The van der Waals surface area contributed by atoms with E-state index in [2.05, 4.69) is 65.0 Å². The SMILES string of the molecule is C=CCOC(=O)CP(I)(c1ccccc1)(c1ccccc1)c1ccccc1. The molecule has 138 valence electrons. The number of carbonyl (C=O) groups is 1. The van der Waals surface area contributed by atoms with Gasteiger partial charge in [0.25, 0.3) is 0 Å². The van der Waals surface area contributed by atoms with Crippen LogP contribution in [0.1, 0.15) is 0 Å². The predicted molar refractivity (Wildman–Crippen MR) is 125 cm³/mol. The molecule has 2 nitrogen and oxygen atoms in total. The van der Waals surface area contributed by atoms with Crippen LogP contribution in [-0.2, 0) is 9.53 Å². The summed E-state index contributed by atoms with van der Waals surface area (Å²) in [6.07, 6.45) is 1.91. The van der Waals surface area contributed by atoms with Gasteiger partial charge in [-0.3, -0.25) is 0 Å². The van der Waals surface area contributed by atoms with Crippen molar-refractivity contribution in [3.63, 3.8) is 0 Å². The van der Waals surface area contributed by atoms with Gasteiger partial charge in [-0.25, -0.2) is 0 Å². The summed E-state index contributed by atoms with van der Waals surface area (Å²) < 4.78 is 2.36. The van der Waals surface area contributed by atoms with Crippen LogP contribution in [0.2, 0.25) is 0 Å². The van der Waals surface area contributed by atoms with Crippen molar-refractivity contribution in [2.24, 2.45) is 0 Å². The van der Waals surface area contributed by atoms with E-state index in [1.54, 1.807) is 6.08 Å². The molecular weight excluding hydrogens is 466 g/mol. The molecule has 0 unspecified atom stereocenters. The summed E-state index contributed by atoms with van der Waals surface area (Å²) in [5.41, 5.74) is 0. The quantitative estimate of drug-likeness (QED) is 0.211. The molecule has 4 heteroatoms. The standard InChI is InChI=1S/C23H22IO2P/c1-2-18-26-23(25)19-27(24,20-12-6-3-7-13-20,21-14-8-4-9-15-21)22-16-10-5-11-17-22/h2-17H,1,18-19H2. The Morgan fingerprint density at radius 1 is 0.815 bits per heavy atom. The van der Waals surface area contributed by atoms with E-state index in [1.807, 2.05) is 54.6 Å². The summed E-state index contributed by atoms with van der Waals surface area (Å²) in [4.78, 5) is 12.9. The maximum absolute atomic E-state index is 12.9. The first-order valence-corrected chi connectivity index (χ1v) is 14.0. The van der Waals surface area contributed by atoms with Crippen LogP contribution in [0.15, 0.2) is 104 Å². The van der Waals surface area contributed by atoms with Crippen molar-refractivity contribution in [3.8, 4) is 0 Å². The number of hydrogen-bond donors (Lipinski definition) is 0. The Kier molecular flexibility index (Phi) is 6.13. The molecule has 0 aliphatic carbocycles. The van der Waals surface area contributed by atoms with Crippen LogP contribution in [0, 0.1) is 0 Å². The number of halogens is 1. The van der Waals surface area contributed by atoms with Crippen molar-refractivity contribution >= 4 is 48.2 Å². The van der Waals surface area contributed by atoms with Gasteiger partial charge in [-0.15, -0.1) is 0 Å². The third-order valence-corrected chi connectivity index (χ3v) is 15.7. The Balaban J connectivity index is 2.32. The Morgan fingerprint density at radius 2 is 1.19 bits per heavy atom. The molecule has 0 atom stereocenters.